The lowest BCUT2D eigenvalue weighted by Gasteiger charge is -2.24. The number of ether oxygens (including phenoxy) is 1. The molecule has 0 bridgehead atoms. The standard InChI is InChI=1S/C30H27FN4O3S2/c1-7-38-29(37)25-17(4)33-30-35(26(25)20-8-10-22(31)11-9-20)27(36)24(40-30)13-21-12-15(2)34(18(21)5)28-23(14-32)16(3)19(6)39-28/h8-13,26H,7H2,1-6H3/b24-13+/t26-/m1/s1. The largest absolute Gasteiger partial charge is 0.463 e. The highest BCUT2D eigenvalue weighted by atomic mass is 32.1. The lowest BCUT2D eigenvalue weighted by atomic mass is 9.96. The van der Waals surface area contributed by atoms with Gasteiger partial charge in [0.15, 0.2) is 4.80 Å². The Kier molecular flexibility index (Phi) is 7.21. The molecular formula is C30H27FN4O3S2. The SMILES string of the molecule is CCOC(=O)C1=C(C)N=c2s/c(=C/c3cc(C)n(-c4sc(C)c(C)c4C#N)c3C)c(=O)n2[C@@H]1c1ccc(F)cc1. The molecule has 1 aromatic carbocycles. The minimum atomic E-state index is -0.805. The molecule has 5 rings (SSSR count). The summed E-state index contributed by atoms with van der Waals surface area (Å²) in [7, 11) is 0. The zero-order valence-electron chi connectivity index (χ0n) is 23.0. The molecule has 7 nitrogen and oxygen atoms in total. The second kappa shape index (κ2) is 10.5. The number of aryl methyl sites for hydroxylation is 2. The summed E-state index contributed by atoms with van der Waals surface area (Å²) in [5.74, 6) is -0.980. The Labute approximate surface area is 238 Å². The van der Waals surface area contributed by atoms with Crippen molar-refractivity contribution in [1.29, 1.82) is 5.26 Å². The number of allylic oxidation sites excluding steroid dienone is 1. The first-order chi connectivity index (χ1) is 19.1. The van der Waals surface area contributed by atoms with Gasteiger partial charge in [0.05, 0.1) is 34.0 Å². The van der Waals surface area contributed by atoms with Crippen molar-refractivity contribution >= 4 is 34.7 Å². The summed E-state index contributed by atoms with van der Waals surface area (Å²) in [6.45, 7) is 11.5. The zero-order chi connectivity index (χ0) is 28.9. The van der Waals surface area contributed by atoms with Crippen LogP contribution in [0.5, 0.6) is 0 Å². The fourth-order valence-corrected chi connectivity index (χ4v) is 7.29. The average Bonchev–Trinajstić information content (AvgIpc) is 3.48. The van der Waals surface area contributed by atoms with Crippen LogP contribution in [0, 0.1) is 44.8 Å². The van der Waals surface area contributed by atoms with Crippen LogP contribution in [-0.4, -0.2) is 21.7 Å². The Morgan fingerprint density at radius 1 is 1.18 bits per heavy atom. The summed E-state index contributed by atoms with van der Waals surface area (Å²) < 4.78 is 23.1. The number of nitrogens with zero attached hydrogens (tertiary/aromatic N) is 4. The summed E-state index contributed by atoms with van der Waals surface area (Å²) in [6.07, 6.45) is 1.83. The normalized spacial score (nSPS) is 15.2. The number of fused-ring (bicyclic) bond motifs is 1. The van der Waals surface area contributed by atoms with Gasteiger partial charge >= 0.3 is 5.97 Å². The smallest absolute Gasteiger partial charge is 0.338 e. The van der Waals surface area contributed by atoms with Crippen molar-refractivity contribution in [3.8, 4) is 11.1 Å². The monoisotopic (exact) mass is 574 g/mol. The van der Waals surface area contributed by atoms with E-state index in [4.69, 9.17) is 4.74 Å². The molecule has 0 unspecified atom stereocenters. The summed E-state index contributed by atoms with van der Waals surface area (Å²) >= 11 is 2.80. The number of hydrogen-bond acceptors (Lipinski definition) is 7. The van der Waals surface area contributed by atoms with Crippen molar-refractivity contribution < 1.29 is 13.9 Å². The third-order valence-corrected chi connectivity index (χ3v) is 9.32. The molecule has 0 amide bonds. The molecule has 0 saturated heterocycles. The van der Waals surface area contributed by atoms with Crippen molar-refractivity contribution in [3.63, 3.8) is 0 Å². The average molecular weight is 575 g/mol. The van der Waals surface area contributed by atoms with Crippen molar-refractivity contribution in [3.05, 3.63) is 106 Å². The van der Waals surface area contributed by atoms with Gasteiger partial charge in [0.25, 0.3) is 5.56 Å². The third kappa shape index (κ3) is 4.45. The predicted octanol–water partition coefficient (Wildman–Crippen LogP) is 4.89. The number of halogens is 1. The molecule has 0 N–H and O–H groups in total. The molecule has 0 saturated carbocycles. The summed E-state index contributed by atoms with van der Waals surface area (Å²) in [5, 5.41) is 10.7. The minimum Gasteiger partial charge on any atom is -0.463 e. The highest BCUT2D eigenvalue weighted by Crippen LogP contribution is 2.34. The van der Waals surface area contributed by atoms with E-state index in [2.05, 4.69) is 15.6 Å². The quantitative estimate of drug-likeness (QED) is 0.318. The van der Waals surface area contributed by atoms with Crippen molar-refractivity contribution in [1.82, 2.24) is 9.13 Å². The molecule has 10 heteroatoms. The molecule has 1 atom stereocenters. The van der Waals surface area contributed by atoms with Crippen LogP contribution in [0.2, 0.25) is 0 Å². The van der Waals surface area contributed by atoms with E-state index in [9.17, 15) is 19.2 Å². The topological polar surface area (TPSA) is 89.4 Å². The van der Waals surface area contributed by atoms with Crippen LogP contribution in [0.15, 0.2) is 51.4 Å². The number of carbonyl (C=O) groups is 1. The molecule has 40 heavy (non-hydrogen) atoms. The van der Waals surface area contributed by atoms with Crippen LogP contribution >= 0.6 is 22.7 Å². The van der Waals surface area contributed by atoms with Gasteiger partial charge in [-0.05, 0) is 82.5 Å². The molecule has 1 aliphatic rings. The fourth-order valence-electron chi connectivity index (χ4n) is 5.04. The van der Waals surface area contributed by atoms with Gasteiger partial charge in [-0.3, -0.25) is 9.36 Å². The first kappa shape index (κ1) is 27.5. The number of hydrogen-bond donors (Lipinski definition) is 0. The van der Waals surface area contributed by atoms with E-state index in [0.29, 0.717) is 26.2 Å². The number of nitriles is 1. The fraction of sp³-hybridized carbons (Fsp3) is 0.267. The van der Waals surface area contributed by atoms with Gasteiger partial charge in [-0.1, -0.05) is 23.5 Å². The van der Waals surface area contributed by atoms with E-state index >= 15 is 0 Å². The summed E-state index contributed by atoms with van der Waals surface area (Å²) in [5.41, 5.74) is 5.28. The van der Waals surface area contributed by atoms with Crippen LogP contribution in [0.3, 0.4) is 0 Å². The first-order valence-electron chi connectivity index (χ1n) is 12.7. The van der Waals surface area contributed by atoms with Crippen molar-refractivity contribution in [2.45, 2.75) is 47.6 Å². The second-order valence-electron chi connectivity index (χ2n) is 9.59. The van der Waals surface area contributed by atoms with E-state index in [1.54, 1.807) is 37.3 Å². The Morgan fingerprint density at radius 2 is 1.88 bits per heavy atom. The number of rotatable bonds is 5. The predicted molar refractivity (Wildman–Crippen MR) is 154 cm³/mol. The maximum Gasteiger partial charge on any atom is 0.338 e. The molecule has 0 aliphatic carbocycles. The van der Waals surface area contributed by atoms with Gasteiger partial charge < -0.3 is 9.30 Å². The lowest BCUT2D eigenvalue weighted by molar-refractivity contribution is -0.139. The molecule has 1 aliphatic heterocycles. The van der Waals surface area contributed by atoms with E-state index in [1.807, 2.05) is 39.8 Å². The Balaban J connectivity index is 1.70. The van der Waals surface area contributed by atoms with E-state index in [-0.39, 0.29) is 17.7 Å². The van der Waals surface area contributed by atoms with Gasteiger partial charge in [-0.15, -0.1) is 11.3 Å². The number of benzene rings is 1. The van der Waals surface area contributed by atoms with Crippen molar-refractivity contribution in [2.24, 2.45) is 4.99 Å². The Bertz CT molecular complexity index is 1930. The molecule has 0 radical (unpaired) electrons. The van der Waals surface area contributed by atoms with Crippen molar-refractivity contribution in [2.75, 3.05) is 6.61 Å². The maximum atomic E-state index is 13.9. The molecule has 204 valence electrons. The molecule has 0 spiro atoms. The minimum absolute atomic E-state index is 0.169. The van der Waals surface area contributed by atoms with E-state index in [0.717, 1.165) is 32.4 Å². The Hall–Kier alpha value is -4.07. The van der Waals surface area contributed by atoms with Gasteiger partial charge in [-0.2, -0.15) is 5.26 Å². The van der Waals surface area contributed by atoms with Crippen LogP contribution in [0.25, 0.3) is 11.1 Å². The molecular weight excluding hydrogens is 547 g/mol. The first-order valence-corrected chi connectivity index (χ1v) is 14.3. The zero-order valence-corrected chi connectivity index (χ0v) is 24.6. The van der Waals surface area contributed by atoms with Gasteiger partial charge in [-0.25, -0.2) is 14.2 Å². The summed E-state index contributed by atoms with van der Waals surface area (Å²) in [6, 6.07) is 9.28. The lowest BCUT2D eigenvalue weighted by Crippen LogP contribution is -2.39. The van der Waals surface area contributed by atoms with Crippen LogP contribution in [0.4, 0.5) is 4.39 Å². The highest BCUT2D eigenvalue weighted by Gasteiger charge is 2.33. The van der Waals surface area contributed by atoms with Gasteiger partial charge in [0, 0.05) is 16.3 Å². The summed E-state index contributed by atoms with van der Waals surface area (Å²) in [4.78, 5) is 33.1. The highest BCUT2D eigenvalue weighted by molar-refractivity contribution is 7.15. The van der Waals surface area contributed by atoms with E-state index < -0.39 is 17.8 Å². The number of aromatic nitrogens is 2. The van der Waals surface area contributed by atoms with E-state index in [1.165, 1.54) is 28.0 Å². The Morgan fingerprint density at radius 3 is 2.52 bits per heavy atom. The van der Waals surface area contributed by atoms with Crippen LogP contribution < -0.4 is 14.9 Å². The third-order valence-electron chi connectivity index (χ3n) is 7.14. The van der Waals surface area contributed by atoms with Crippen LogP contribution in [-0.2, 0) is 9.53 Å². The second-order valence-corrected chi connectivity index (χ2v) is 11.8. The number of carbonyl (C=O) groups excluding carboxylic acids is 1. The molecule has 3 aromatic heterocycles. The number of thiophene rings is 1. The van der Waals surface area contributed by atoms with Crippen LogP contribution in [0.1, 0.15) is 58.4 Å². The molecule has 4 aromatic rings. The van der Waals surface area contributed by atoms with Gasteiger partial charge in [0.2, 0.25) is 0 Å². The molecule has 4 heterocycles. The maximum absolute atomic E-state index is 13.9. The number of esters is 1. The number of thiazole rings is 1. The van der Waals surface area contributed by atoms with Gasteiger partial charge in [0.1, 0.15) is 16.9 Å². The molecule has 0 fully saturated rings.